The number of rotatable bonds is 14. The molecule has 0 unspecified atom stereocenters. The van der Waals surface area contributed by atoms with E-state index < -0.39 is 13.8 Å². The van der Waals surface area contributed by atoms with Gasteiger partial charge in [-0.2, -0.15) is 0 Å². The van der Waals surface area contributed by atoms with Crippen LogP contribution >= 0.6 is 7.82 Å². The van der Waals surface area contributed by atoms with Crippen molar-refractivity contribution in [3.63, 3.8) is 0 Å². The highest BCUT2D eigenvalue weighted by Gasteiger charge is 2.18. The molecule has 0 aromatic heterocycles. The van der Waals surface area contributed by atoms with Crippen LogP contribution in [0.5, 0.6) is 0 Å². The Morgan fingerprint density at radius 1 is 0.857 bits per heavy atom. The van der Waals surface area contributed by atoms with Gasteiger partial charge in [-0.15, -0.1) is 0 Å². The van der Waals surface area contributed by atoms with Crippen molar-refractivity contribution < 1.29 is 28.7 Å². The van der Waals surface area contributed by atoms with E-state index >= 15 is 0 Å². The lowest BCUT2D eigenvalue weighted by molar-refractivity contribution is -0.222. The van der Waals surface area contributed by atoms with E-state index in [1.54, 1.807) is 0 Å². The molecule has 0 aromatic carbocycles. The van der Waals surface area contributed by atoms with Crippen LogP contribution in [0.25, 0.3) is 0 Å². The molecule has 0 saturated carbocycles. The van der Waals surface area contributed by atoms with Gasteiger partial charge in [-0.3, -0.25) is 4.89 Å². The molecule has 0 saturated heterocycles. The van der Waals surface area contributed by atoms with Gasteiger partial charge in [0, 0.05) is 6.42 Å². The first kappa shape index (κ1) is 20.6. The fourth-order valence-electron chi connectivity index (χ4n) is 2.07. The van der Waals surface area contributed by atoms with Crippen molar-refractivity contribution >= 4 is 13.8 Å². The van der Waals surface area contributed by atoms with Crippen LogP contribution in [0.1, 0.15) is 84.0 Å². The van der Waals surface area contributed by atoms with Crippen molar-refractivity contribution in [2.45, 2.75) is 84.0 Å². The van der Waals surface area contributed by atoms with Gasteiger partial charge >= 0.3 is 13.8 Å². The summed E-state index contributed by atoms with van der Waals surface area (Å²) in [6.45, 7) is 2.22. The van der Waals surface area contributed by atoms with Crippen LogP contribution in [0.15, 0.2) is 0 Å². The largest absolute Gasteiger partial charge is 0.505 e. The minimum Gasteiger partial charge on any atom is -0.301 e. The highest BCUT2D eigenvalue weighted by Crippen LogP contribution is 2.36. The van der Waals surface area contributed by atoms with E-state index in [0.29, 0.717) is 6.42 Å². The van der Waals surface area contributed by atoms with Gasteiger partial charge in [0.25, 0.3) is 0 Å². The fraction of sp³-hybridized carbons (Fsp3) is 0.929. The Morgan fingerprint density at radius 3 is 1.71 bits per heavy atom. The quantitative estimate of drug-likeness (QED) is 0.215. The molecule has 0 atom stereocenters. The summed E-state index contributed by atoms with van der Waals surface area (Å²) in [5, 5.41) is 0. The third-order valence-electron chi connectivity index (χ3n) is 3.21. The van der Waals surface area contributed by atoms with Crippen molar-refractivity contribution in [3.05, 3.63) is 0 Å². The zero-order valence-corrected chi connectivity index (χ0v) is 13.9. The van der Waals surface area contributed by atoms with E-state index in [2.05, 4.69) is 16.5 Å². The average Bonchev–Trinajstić information content (AvgIpc) is 2.42. The second-order valence-electron chi connectivity index (χ2n) is 5.31. The van der Waals surface area contributed by atoms with E-state index in [1.807, 2.05) is 0 Å². The lowest BCUT2D eigenvalue weighted by Crippen LogP contribution is -2.03. The Balaban J connectivity index is 3.21. The number of hydrogen-bond donors (Lipinski definition) is 2. The van der Waals surface area contributed by atoms with Gasteiger partial charge < -0.3 is 9.79 Å². The fourth-order valence-corrected chi connectivity index (χ4v) is 2.25. The van der Waals surface area contributed by atoms with Gasteiger partial charge in [0.1, 0.15) is 0 Å². The summed E-state index contributed by atoms with van der Waals surface area (Å²) in [6.07, 6.45) is 13.0. The molecule has 0 aliphatic rings. The topological polar surface area (TPSA) is 93.1 Å². The summed E-state index contributed by atoms with van der Waals surface area (Å²) in [5.74, 6) is -0.741. The van der Waals surface area contributed by atoms with Crippen molar-refractivity contribution in [2.75, 3.05) is 0 Å². The number of carbonyl (C=O) groups is 1. The molecular formula is C14H29O6P. The maximum Gasteiger partial charge on any atom is 0.505 e. The molecule has 0 amide bonds. The molecule has 0 aliphatic heterocycles. The zero-order chi connectivity index (χ0) is 16.0. The first-order chi connectivity index (χ1) is 9.95. The minimum atomic E-state index is -4.73. The molecular weight excluding hydrogens is 295 g/mol. The number of unbranched alkanes of at least 4 members (excludes halogenated alkanes) is 10. The lowest BCUT2D eigenvalue weighted by atomic mass is 10.1. The molecule has 0 spiro atoms. The average molecular weight is 324 g/mol. The van der Waals surface area contributed by atoms with E-state index in [-0.39, 0.29) is 6.42 Å². The Kier molecular flexibility index (Phi) is 13.0. The van der Waals surface area contributed by atoms with Crippen molar-refractivity contribution in [3.8, 4) is 0 Å². The number of phosphoric acid groups is 1. The molecule has 0 bridgehead atoms. The van der Waals surface area contributed by atoms with E-state index in [9.17, 15) is 9.36 Å². The molecule has 126 valence electrons. The molecule has 21 heavy (non-hydrogen) atoms. The second-order valence-corrected chi connectivity index (χ2v) is 6.44. The third kappa shape index (κ3) is 17.5. The highest BCUT2D eigenvalue weighted by molar-refractivity contribution is 7.46. The summed E-state index contributed by atoms with van der Waals surface area (Å²) in [7, 11) is -4.73. The predicted molar refractivity (Wildman–Crippen MR) is 80.3 cm³/mol. The van der Waals surface area contributed by atoms with Crippen LogP contribution in [-0.2, 0) is 18.9 Å². The molecule has 6 nitrogen and oxygen atoms in total. The van der Waals surface area contributed by atoms with Gasteiger partial charge in [0.2, 0.25) is 0 Å². The van der Waals surface area contributed by atoms with Gasteiger partial charge in [0.05, 0.1) is 0 Å². The molecule has 0 aliphatic carbocycles. The van der Waals surface area contributed by atoms with Crippen LogP contribution < -0.4 is 0 Å². The van der Waals surface area contributed by atoms with Crippen LogP contribution in [0, 0.1) is 0 Å². The number of hydrogen-bond acceptors (Lipinski definition) is 4. The molecule has 0 aromatic rings. The van der Waals surface area contributed by atoms with Gasteiger partial charge in [-0.1, -0.05) is 75.8 Å². The molecule has 0 fully saturated rings. The molecule has 0 heterocycles. The SMILES string of the molecule is CCCCCCCCCCCCCC(=O)OOP(=O)(O)O. The van der Waals surface area contributed by atoms with Crippen LogP contribution in [-0.4, -0.2) is 15.8 Å². The second kappa shape index (κ2) is 13.3. The number of carbonyl (C=O) groups excluding carboxylic acids is 1. The molecule has 0 radical (unpaired) electrons. The van der Waals surface area contributed by atoms with Gasteiger partial charge in [-0.05, 0) is 6.42 Å². The standard InChI is InChI=1S/C14H29O6P/c1-2-3-4-5-6-7-8-9-10-11-12-13-14(15)19-20-21(16,17)18/h2-13H2,1H3,(H2,16,17,18). The lowest BCUT2D eigenvalue weighted by Gasteiger charge is -2.04. The normalized spacial score (nSPS) is 11.6. The van der Waals surface area contributed by atoms with Crippen LogP contribution in [0.3, 0.4) is 0 Å². The van der Waals surface area contributed by atoms with Crippen molar-refractivity contribution in [1.29, 1.82) is 0 Å². The Hall–Kier alpha value is -0.420. The van der Waals surface area contributed by atoms with Gasteiger partial charge in [0.15, 0.2) is 0 Å². The van der Waals surface area contributed by atoms with Crippen molar-refractivity contribution in [1.82, 2.24) is 0 Å². The minimum absolute atomic E-state index is 0.122. The molecule has 2 N–H and O–H groups in total. The maximum absolute atomic E-state index is 11.1. The Bertz CT molecular complexity index is 302. The molecule has 7 heteroatoms. The van der Waals surface area contributed by atoms with Crippen LogP contribution in [0.2, 0.25) is 0 Å². The van der Waals surface area contributed by atoms with E-state index in [4.69, 9.17) is 9.79 Å². The first-order valence-corrected chi connectivity index (χ1v) is 9.43. The summed E-state index contributed by atoms with van der Waals surface area (Å²) < 4.78 is 13.9. The van der Waals surface area contributed by atoms with E-state index in [1.165, 1.54) is 51.4 Å². The highest BCUT2D eigenvalue weighted by atomic mass is 31.2. The van der Waals surface area contributed by atoms with Gasteiger partial charge in [-0.25, -0.2) is 9.36 Å². The molecule has 0 rings (SSSR count). The summed E-state index contributed by atoms with van der Waals surface area (Å²) in [5.41, 5.74) is 0. The zero-order valence-electron chi connectivity index (χ0n) is 13.0. The smallest absolute Gasteiger partial charge is 0.301 e. The summed E-state index contributed by atoms with van der Waals surface area (Å²) in [6, 6.07) is 0. The third-order valence-corrected chi connectivity index (χ3v) is 3.48. The first-order valence-electron chi connectivity index (χ1n) is 7.90. The summed E-state index contributed by atoms with van der Waals surface area (Å²) >= 11 is 0. The van der Waals surface area contributed by atoms with E-state index in [0.717, 1.165) is 12.8 Å². The monoisotopic (exact) mass is 324 g/mol. The maximum atomic E-state index is 11.1. The Morgan fingerprint density at radius 2 is 1.29 bits per heavy atom. The van der Waals surface area contributed by atoms with Crippen LogP contribution in [0.4, 0.5) is 0 Å². The van der Waals surface area contributed by atoms with Crippen molar-refractivity contribution in [2.24, 2.45) is 0 Å². The predicted octanol–water partition coefficient (Wildman–Crippen LogP) is 4.26. The summed E-state index contributed by atoms with van der Waals surface area (Å²) in [4.78, 5) is 31.7. The Labute approximate surface area is 127 Å².